The molecule has 1 saturated carbocycles. The topological polar surface area (TPSA) is 84.9 Å². The van der Waals surface area contributed by atoms with Crippen molar-refractivity contribution in [1.29, 1.82) is 0 Å². The van der Waals surface area contributed by atoms with E-state index >= 15 is 0 Å². The Kier molecular flexibility index (Phi) is 7.42. The number of amides is 2. The average molecular weight is 457 g/mol. The lowest BCUT2D eigenvalue weighted by molar-refractivity contribution is -0.142. The number of esters is 1. The number of piperidine rings is 1. The van der Waals surface area contributed by atoms with Crippen LogP contribution in [0.2, 0.25) is 0 Å². The third kappa shape index (κ3) is 6.09. The van der Waals surface area contributed by atoms with Crippen molar-refractivity contribution in [3.63, 3.8) is 0 Å². The van der Waals surface area contributed by atoms with Gasteiger partial charge in [0.05, 0.1) is 6.61 Å². The fourth-order valence-electron chi connectivity index (χ4n) is 3.54. The predicted molar refractivity (Wildman–Crippen MR) is 122 cm³/mol. The molecule has 170 valence electrons. The Bertz CT molecular complexity index is 949. The minimum Gasteiger partial charge on any atom is -0.482 e. The van der Waals surface area contributed by atoms with Crippen LogP contribution in [0.5, 0.6) is 5.75 Å². The minimum absolute atomic E-state index is 0.0767. The highest BCUT2D eigenvalue weighted by Gasteiger charge is 2.24. The first-order valence-electron chi connectivity index (χ1n) is 11.1. The van der Waals surface area contributed by atoms with E-state index in [4.69, 9.17) is 9.47 Å². The van der Waals surface area contributed by atoms with Crippen LogP contribution in [0.4, 0.5) is 0 Å². The van der Waals surface area contributed by atoms with Gasteiger partial charge in [0.2, 0.25) is 0 Å². The van der Waals surface area contributed by atoms with E-state index in [0.29, 0.717) is 23.2 Å². The molecule has 2 aliphatic rings. The van der Waals surface area contributed by atoms with Crippen LogP contribution in [0.15, 0.2) is 36.4 Å². The molecule has 0 unspecified atom stereocenters. The molecule has 4 rings (SSSR count). The van der Waals surface area contributed by atoms with Gasteiger partial charge in [-0.1, -0.05) is 30.3 Å². The van der Waals surface area contributed by atoms with Crippen molar-refractivity contribution in [2.75, 3.05) is 32.8 Å². The number of carbonyl (C=O) groups excluding carboxylic acids is 3. The maximum Gasteiger partial charge on any atom is 0.325 e. The van der Waals surface area contributed by atoms with Crippen LogP contribution in [0.1, 0.15) is 41.8 Å². The quantitative estimate of drug-likeness (QED) is 0.584. The van der Waals surface area contributed by atoms with Gasteiger partial charge in [-0.3, -0.25) is 14.4 Å². The first-order valence-corrected chi connectivity index (χ1v) is 12.0. The summed E-state index contributed by atoms with van der Waals surface area (Å²) >= 11 is 1.27. The van der Waals surface area contributed by atoms with Crippen molar-refractivity contribution in [3.05, 3.63) is 41.3 Å². The van der Waals surface area contributed by atoms with Crippen molar-refractivity contribution >= 4 is 29.1 Å². The number of benzene rings is 1. The molecule has 1 saturated heterocycles. The maximum atomic E-state index is 12.8. The van der Waals surface area contributed by atoms with Crippen LogP contribution >= 0.6 is 11.3 Å². The summed E-state index contributed by atoms with van der Waals surface area (Å²) in [5.74, 6) is -0.123. The number of hydrogen-bond acceptors (Lipinski definition) is 6. The first kappa shape index (κ1) is 22.3. The lowest BCUT2D eigenvalue weighted by atomic mass is 10.1. The van der Waals surface area contributed by atoms with E-state index in [1.54, 1.807) is 6.07 Å². The molecule has 1 N–H and O–H groups in total. The Hall–Kier alpha value is -2.87. The third-order valence-corrected chi connectivity index (χ3v) is 6.76. The van der Waals surface area contributed by atoms with E-state index in [1.165, 1.54) is 11.3 Å². The van der Waals surface area contributed by atoms with Gasteiger partial charge in [0.25, 0.3) is 11.8 Å². The van der Waals surface area contributed by atoms with Crippen molar-refractivity contribution in [1.82, 2.24) is 10.2 Å². The summed E-state index contributed by atoms with van der Waals surface area (Å²) in [6.07, 6.45) is 5.34. The standard InChI is InChI=1S/C24H28N2O5S/c27-21(26-11-5-2-6-12-26)16-30-19-13-20(18-7-3-1-4-8-18)32-23(19)24(29)25-14-22(28)31-15-17-9-10-17/h1,3-4,7-8,13,17H,2,5-6,9-12,14-16H2,(H,25,29). The van der Waals surface area contributed by atoms with Gasteiger partial charge in [-0.25, -0.2) is 0 Å². The Morgan fingerprint density at radius 3 is 2.53 bits per heavy atom. The van der Waals surface area contributed by atoms with E-state index in [9.17, 15) is 14.4 Å². The van der Waals surface area contributed by atoms with Crippen LogP contribution in [-0.2, 0) is 14.3 Å². The Balaban J connectivity index is 1.42. The number of hydrogen-bond donors (Lipinski definition) is 1. The van der Waals surface area contributed by atoms with E-state index in [-0.39, 0.29) is 19.1 Å². The number of likely N-dealkylation sites (tertiary alicyclic amines) is 1. The van der Waals surface area contributed by atoms with E-state index in [1.807, 2.05) is 35.2 Å². The Morgan fingerprint density at radius 2 is 1.81 bits per heavy atom. The molecule has 0 bridgehead atoms. The molecule has 1 aliphatic carbocycles. The lowest BCUT2D eigenvalue weighted by Gasteiger charge is -2.26. The van der Waals surface area contributed by atoms with Crippen LogP contribution in [0.25, 0.3) is 10.4 Å². The zero-order valence-electron chi connectivity index (χ0n) is 18.0. The second-order valence-corrected chi connectivity index (χ2v) is 9.26. The maximum absolute atomic E-state index is 12.8. The largest absolute Gasteiger partial charge is 0.482 e. The minimum atomic E-state index is -0.451. The summed E-state index contributed by atoms with van der Waals surface area (Å²) in [5, 5.41) is 2.62. The number of nitrogens with zero attached hydrogens (tertiary/aromatic N) is 1. The Labute approximate surface area is 191 Å². The van der Waals surface area contributed by atoms with Crippen molar-refractivity contribution in [3.8, 4) is 16.2 Å². The fourth-order valence-corrected chi connectivity index (χ4v) is 4.56. The van der Waals surface area contributed by atoms with Gasteiger partial charge in [0.1, 0.15) is 17.2 Å². The molecule has 7 nitrogen and oxygen atoms in total. The fraction of sp³-hybridized carbons (Fsp3) is 0.458. The van der Waals surface area contributed by atoms with Gasteiger partial charge in [-0.2, -0.15) is 0 Å². The average Bonchev–Trinajstić information content (AvgIpc) is 3.57. The van der Waals surface area contributed by atoms with Gasteiger partial charge >= 0.3 is 5.97 Å². The third-order valence-electron chi connectivity index (χ3n) is 5.59. The van der Waals surface area contributed by atoms with Gasteiger partial charge in [-0.05, 0) is 49.7 Å². The second kappa shape index (κ2) is 10.6. The number of ether oxygens (including phenoxy) is 2. The molecule has 32 heavy (non-hydrogen) atoms. The molecule has 2 amide bonds. The molecule has 8 heteroatoms. The van der Waals surface area contributed by atoms with Gasteiger partial charge in [0, 0.05) is 18.0 Å². The Morgan fingerprint density at radius 1 is 1.06 bits per heavy atom. The molecular weight excluding hydrogens is 428 g/mol. The summed E-state index contributed by atoms with van der Waals surface area (Å²) in [6, 6.07) is 11.4. The van der Waals surface area contributed by atoms with Gasteiger partial charge in [0.15, 0.2) is 6.61 Å². The molecule has 2 fully saturated rings. The van der Waals surface area contributed by atoms with Crippen molar-refractivity contribution < 1.29 is 23.9 Å². The van der Waals surface area contributed by atoms with E-state index in [2.05, 4.69) is 5.32 Å². The second-order valence-electron chi connectivity index (χ2n) is 8.21. The SMILES string of the molecule is O=C(CNC(=O)c1sc(-c2ccccc2)cc1OCC(=O)N1CCCCC1)OCC1CC1. The van der Waals surface area contributed by atoms with Crippen LogP contribution in [0.3, 0.4) is 0 Å². The molecule has 2 heterocycles. The van der Waals surface area contributed by atoms with Crippen molar-refractivity contribution in [2.24, 2.45) is 5.92 Å². The highest BCUT2D eigenvalue weighted by molar-refractivity contribution is 7.17. The van der Waals surface area contributed by atoms with Crippen LogP contribution in [-0.4, -0.2) is 55.5 Å². The van der Waals surface area contributed by atoms with Crippen molar-refractivity contribution in [2.45, 2.75) is 32.1 Å². The normalized spacial score (nSPS) is 15.8. The molecule has 0 radical (unpaired) electrons. The summed E-state index contributed by atoms with van der Waals surface area (Å²) in [6.45, 7) is 1.60. The first-order chi connectivity index (χ1) is 15.6. The zero-order valence-corrected chi connectivity index (χ0v) is 18.8. The molecule has 0 atom stereocenters. The van der Waals surface area contributed by atoms with Gasteiger partial charge < -0.3 is 19.7 Å². The molecule has 2 aromatic rings. The van der Waals surface area contributed by atoms with E-state index in [0.717, 1.165) is 55.6 Å². The highest BCUT2D eigenvalue weighted by atomic mass is 32.1. The smallest absolute Gasteiger partial charge is 0.325 e. The molecule has 1 aromatic heterocycles. The predicted octanol–water partition coefficient (Wildman–Crippen LogP) is 3.49. The number of nitrogens with one attached hydrogen (secondary N) is 1. The molecule has 0 spiro atoms. The van der Waals surface area contributed by atoms with Crippen LogP contribution < -0.4 is 10.1 Å². The lowest BCUT2D eigenvalue weighted by Crippen LogP contribution is -2.38. The monoisotopic (exact) mass is 456 g/mol. The summed E-state index contributed by atoms with van der Waals surface area (Å²) in [7, 11) is 0. The summed E-state index contributed by atoms with van der Waals surface area (Å²) < 4.78 is 11.0. The molecule has 1 aliphatic heterocycles. The summed E-state index contributed by atoms with van der Waals surface area (Å²) in [5.41, 5.74) is 0.951. The van der Waals surface area contributed by atoms with Gasteiger partial charge in [-0.15, -0.1) is 11.3 Å². The number of carbonyl (C=O) groups is 3. The summed E-state index contributed by atoms with van der Waals surface area (Å²) in [4.78, 5) is 40.2. The number of rotatable bonds is 9. The van der Waals surface area contributed by atoms with Crippen LogP contribution in [0, 0.1) is 5.92 Å². The molecule has 1 aromatic carbocycles. The molecular formula is C24H28N2O5S. The highest BCUT2D eigenvalue weighted by Crippen LogP contribution is 2.36. The number of thiophene rings is 1. The van der Waals surface area contributed by atoms with E-state index < -0.39 is 11.9 Å². The zero-order chi connectivity index (χ0) is 22.3.